The Labute approximate surface area is 467 Å². The van der Waals surface area contributed by atoms with E-state index in [0.29, 0.717) is 12.8 Å². The number of rotatable bonds is 53. The van der Waals surface area contributed by atoms with Crippen LogP contribution >= 0.6 is 0 Å². The number of allylic oxidation sites excluding steroid dienone is 26. The third kappa shape index (κ3) is 59.9. The molecule has 0 aromatic rings. The highest BCUT2D eigenvalue weighted by Crippen LogP contribution is 2.13. The molecule has 1 unspecified atom stereocenters. The molecule has 1 atom stereocenters. The zero-order valence-corrected chi connectivity index (χ0v) is 48.7. The van der Waals surface area contributed by atoms with Crippen LogP contribution in [0.5, 0.6) is 0 Å². The lowest BCUT2D eigenvalue weighted by Gasteiger charge is -2.18. The van der Waals surface area contributed by atoms with E-state index in [4.69, 9.17) is 14.2 Å². The highest BCUT2D eigenvalue weighted by atomic mass is 16.6. The SMILES string of the molecule is CC/C=C\C/C=C\C/C=C\C/C=C\C/C=C\C/C=C\C/C=C\C/C=C\C/C=C\CCCC(=O)OCC(COC(=O)CCCCCCC/C=C\CCCCCCC)OC(=O)CCCCCCC/C=C\C/C=C\C/C=C\CC. The van der Waals surface area contributed by atoms with Crippen LogP contribution in [0.2, 0.25) is 0 Å². The van der Waals surface area contributed by atoms with Crippen LogP contribution in [0.4, 0.5) is 0 Å². The van der Waals surface area contributed by atoms with Crippen LogP contribution in [0.3, 0.4) is 0 Å². The molecule has 6 nitrogen and oxygen atoms in total. The van der Waals surface area contributed by atoms with Gasteiger partial charge in [-0.15, -0.1) is 0 Å². The van der Waals surface area contributed by atoms with Gasteiger partial charge in [0, 0.05) is 19.3 Å². The van der Waals surface area contributed by atoms with Gasteiger partial charge in [0.2, 0.25) is 0 Å². The molecule has 0 aromatic carbocycles. The smallest absolute Gasteiger partial charge is 0.306 e. The van der Waals surface area contributed by atoms with E-state index < -0.39 is 6.10 Å². The Balaban J connectivity index is 4.48. The lowest BCUT2D eigenvalue weighted by atomic mass is 10.1. The summed E-state index contributed by atoms with van der Waals surface area (Å²) in [5, 5.41) is 0. The molecule has 0 aliphatic heterocycles. The third-order valence-electron chi connectivity index (χ3n) is 12.2. The van der Waals surface area contributed by atoms with Gasteiger partial charge < -0.3 is 14.2 Å². The van der Waals surface area contributed by atoms with Gasteiger partial charge in [0.15, 0.2) is 6.10 Å². The van der Waals surface area contributed by atoms with Crippen LogP contribution < -0.4 is 0 Å². The molecule has 0 N–H and O–H groups in total. The number of carbonyl (C=O) groups is 3. The summed E-state index contributed by atoms with van der Waals surface area (Å²) in [4.78, 5) is 38.2. The molecule has 0 heterocycles. The summed E-state index contributed by atoms with van der Waals surface area (Å²) in [5.41, 5.74) is 0. The van der Waals surface area contributed by atoms with E-state index in [1.54, 1.807) is 0 Å². The summed E-state index contributed by atoms with van der Waals surface area (Å²) in [6.45, 7) is 6.32. The van der Waals surface area contributed by atoms with Gasteiger partial charge in [-0.3, -0.25) is 14.4 Å². The predicted molar refractivity (Wildman–Crippen MR) is 329 cm³/mol. The Morgan fingerprint density at radius 3 is 0.868 bits per heavy atom. The molecule has 76 heavy (non-hydrogen) atoms. The predicted octanol–water partition coefficient (Wildman–Crippen LogP) is 20.9. The fourth-order valence-electron chi connectivity index (χ4n) is 7.75. The average molecular weight is 1050 g/mol. The lowest BCUT2D eigenvalue weighted by Crippen LogP contribution is -2.30. The van der Waals surface area contributed by atoms with Crippen molar-refractivity contribution in [3.05, 3.63) is 158 Å². The van der Waals surface area contributed by atoms with Crippen molar-refractivity contribution in [1.82, 2.24) is 0 Å². The number of unbranched alkanes of at least 4 members (excludes halogenated alkanes) is 16. The first-order valence-corrected chi connectivity index (χ1v) is 30.5. The first-order valence-electron chi connectivity index (χ1n) is 30.5. The summed E-state index contributed by atoms with van der Waals surface area (Å²) in [6, 6.07) is 0. The minimum atomic E-state index is -0.822. The van der Waals surface area contributed by atoms with Gasteiger partial charge >= 0.3 is 17.9 Å². The molecule has 0 fully saturated rings. The zero-order valence-electron chi connectivity index (χ0n) is 48.7. The fraction of sp³-hybridized carbons (Fsp3) is 0.586. The highest BCUT2D eigenvalue weighted by molar-refractivity contribution is 5.71. The standard InChI is InChI=1S/C70H110O6/c1-4-7-10-13-16-19-22-25-28-29-30-31-32-33-34-35-36-37-38-39-40-41-43-45-48-51-54-57-60-63-69(72)75-66-67(65-74-68(71)62-59-56-53-50-47-44-27-24-21-18-15-12-9-6-3)76-70(73)64-61-58-55-52-49-46-42-26-23-20-17-14-11-8-5-2/h7-8,10-11,16-17,19-20,24-28,30-31,33-34,36-37,39-40,42-43,45,51,54,67H,4-6,9,12-15,18,21-23,29,32,35,38,41,44,46-50,52-53,55-66H2,1-3H3/b10-7-,11-8-,19-16-,20-17-,27-24-,28-25-,31-30-,34-33-,37-36-,40-39-,42-26-,45-43-,54-51-. The van der Waals surface area contributed by atoms with Gasteiger partial charge in [0.05, 0.1) is 0 Å². The van der Waals surface area contributed by atoms with E-state index in [1.165, 1.54) is 44.9 Å². The van der Waals surface area contributed by atoms with Gasteiger partial charge in [-0.2, -0.15) is 0 Å². The second kappa shape index (κ2) is 62.6. The van der Waals surface area contributed by atoms with E-state index in [2.05, 4.69) is 179 Å². The second-order valence-corrected chi connectivity index (χ2v) is 19.5. The summed E-state index contributed by atoms with van der Waals surface area (Å²) in [5.74, 6) is -1.01. The van der Waals surface area contributed by atoms with Crippen LogP contribution in [-0.2, 0) is 28.6 Å². The summed E-state index contributed by atoms with van der Waals surface area (Å²) in [7, 11) is 0. The molecular formula is C70H110O6. The maximum absolute atomic E-state index is 12.9. The van der Waals surface area contributed by atoms with E-state index in [9.17, 15) is 14.4 Å². The Kier molecular flexibility index (Phi) is 58.5. The maximum atomic E-state index is 12.9. The number of hydrogen-bond acceptors (Lipinski definition) is 6. The Morgan fingerprint density at radius 1 is 0.276 bits per heavy atom. The quantitative estimate of drug-likeness (QED) is 0.0261. The molecule has 0 saturated heterocycles. The van der Waals surface area contributed by atoms with Crippen LogP contribution in [-0.4, -0.2) is 37.2 Å². The van der Waals surface area contributed by atoms with Crippen molar-refractivity contribution in [1.29, 1.82) is 0 Å². The maximum Gasteiger partial charge on any atom is 0.306 e. The van der Waals surface area contributed by atoms with E-state index >= 15 is 0 Å². The third-order valence-corrected chi connectivity index (χ3v) is 12.2. The minimum Gasteiger partial charge on any atom is -0.462 e. The first kappa shape index (κ1) is 71.0. The van der Waals surface area contributed by atoms with Gasteiger partial charge in [-0.05, 0) is 141 Å². The number of hydrogen-bond donors (Lipinski definition) is 0. The molecule has 0 saturated carbocycles. The first-order chi connectivity index (χ1) is 37.5. The monoisotopic (exact) mass is 1050 g/mol. The van der Waals surface area contributed by atoms with Crippen LogP contribution in [0.25, 0.3) is 0 Å². The lowest BCUT2D eigenvalue weighted by molar-refractivity contribution is -0.167. The number of carbonyl (C=O) groups excluding carboxylic acids is 3. The topological polar surface area (TPSA) is 78.9 Å². The van der Waals surface area contributed by atoms with E-state index in [-0.39, 0.29) is 44.0 Å². The van der Waals surface area contributed by atoms with Crippen molar-refractivity contribution in [3.8, 4) is 0 Å². The molecule has 0 rings (SSSR count). The van der Waals surface area contributed by atoms with Crippen molar-refractivity contribution in [3.63, 3.8) is 0 Å². The van der Waals surface area contributed by atoms with Crippen molar-refractivity contribution >= 4 is 17.9 Å². The van der Waals surface area contributed by atoms with Crippen LogP contribution in [0.1, 0.15) is 245 Å². The van der Waals surface area contributed by atoms with Crippen molar-refractivity contribution < 1.29 is 28.6 Å². The minimum absolute atomic E-state index is 0.114. The van der Waals surface area contributed by atoms with Gasteiger partial charge in [0.1, 0.15) is 13.2 Å². The molecule has 0 spiro atoms. The van der Waals surface area contributed by atoms with E-state index in [1.807, 2.05) is 0 Å². The van der Waals surface area contributed by atoms with Crippen molar-refractivity contribution in [2.24, 2.45) is 0 Å². The molecule has 0 radical (unpaired) electrons. The molecule has 0 bridgehead atoms. The largest absolute Gasteiger partial charge is 0.462 e. The fourth-order valence-corrected chi connectivity index (χ4v) is 7.75. The Morgan fingerprint density at radius 2 is 0.526 bits per heavy atom. The Hall–Kier alpha value is -4.97. The molecule has 6 heteroatoms. The Bertz CT molecular complexity index is 1720. The van der Waals surface area contributed by atoms with Gasteiger partial charge in [0.25, 0.3) is 0 Å². The average Bonchev–Trinajstić information content (AvgIpc) is 3.42. The zero-order chi connectivity index (χ0) is 55.0. The molecule has 0 aliphatic rings. The normalized spacial score (nSPS) is 13.2. The summed E-state index contributed by atoms with van der Waals surface area (Å²) >= 11 is 0. The number of ether oxygens (including phenoxy) is 3. The second-order valence-electron chi connectivity index (χ2n) is 19.5. The molecule has 426 valence electrons. The van der Waals surface area contributed by atoms with Crippen molar-refractivity contribution in [2.75, 3.05) is 13.2 Å². The van der Waals surface area contributed by atoms with Crippen LogP contribution in [0.15, 0.2) is 158 Å². The molecule has 0 aliphatic carbocycles. The van der Waals surface area contributed by atoms with Crippen molar-refractivity contribution in [2.45, 2.75) is 252 Å². The summed E-state index contributed by atoms with van der Waals surface area (Å²) in [6.07, 6.45) is 91.0. The molecule has 0 aromatic heterocycles. The molecule has 0 amide bonds. The highest BCUT2D eigenvalue weighted by Gasteiger charge is 2.19. The van der Waals surface area contributed by atoms with E-state index in [0.717, 1.165) is 154 Å². The van der Waals surface area contributed by atoms with Gasteiger partial charge in [-0.1, -0.05) is 243 Å². The summed E-state index contributed by atoms with van der Waals surface area (Å²) < 4.78 is 16.8. The van der Waals surface area contributed by atoms with Crippen LogP contribution in [0, 0.1) is 0 Å². The van der Waals surface area contributed by atoms with Gasteiger partial charge in [-0.25, -0.2) is 0 Å². The number of esters is 3. The molecular weight excluding hydrogens is 937 g/mol.